The summed E-state index contributed by atoms with van der Waals surface area (Å²) < 4.78 is 0.722. The molecule has 2 rings (SSSR count). The van der Waals surface area contributed by atoms with Gasteiger partial charge in [-0.05, 0) is 17.5 Å². The Morgan fingerprint density at radius 3 is 2.53 bits per heavy atom. The topological polar surface area (TPSA) is 20.3 Å². The molecule has 90 valence electrons. The monoisotopic (exact) mass is 265 g/mol. The number of carbonyl (C=O) groups is 1. The van der Waals surface area contributed by atoms with Gasteiger partial charge in [-0.3, -0.25) is 9.69 Å². The fraction of sp³-hybridized carbons (Fsp3) is 0.385. The van der Waals surface area contributed by atoms with Crippen molar-refractivity contribution in [2.75, 3.05) is 12.3 Å². The second kappa shape index (κ2) is 5.65. The highest BCUT2D eigenvalue weighted by molar-refractivity contribution is 8.23. The number of amides is 1. The summed E-state index contributed by atoms with van der Waals surface area (Å²) >= 11 is 6.73. The van der Waals surface area contributed by atoms with E-state index in [1.807, 2.05) is 12.1 Å². The van der Waals surface area contributed by atoms with Crippen molar-refractivity contribution < 1.29 is 4.79 Å². The van der Waals surface area contributed by atoms with Gasteiger partial charge in [0, 0.05) is 12.3 Å². The zero-order valence-electron chi connectivity index (χ0n) is 9.81. The Bertz CT molecular complexity index is 428. The smallest absolute Gasteiger partial charge is 0.232 e. The van der Waals surface area contributed by atoms with Crippen molar-refractivity contribution in [2.45, 2.75) is 19.8 Å². The number of hydrogen-bond donors (Lipinski definition) is 0. The first-order valence-corrected chi connectivity index (χ1v) is 7.15. The Balaban J connectivity index is 2.00. The molecule has 17 heavy (non-hydrogen) atoms. The molecule has 0 saturated carbocycles. The number of hydrogen-bond acceptors (Lipinski definition) is 3. The molecule has 0 unspecified atom stereocenters. The van der Waals surface area contributed by atoms with Crippen molar-refractivity contribution in [3.63, 3.8) is 0 Å². The number of rotatable bonds is 3. The summed E-state index contributed by atoms with van der Waals surface area (Å²) in [6, 6.07) is 8.23. The van der Waals surface area contributed by atoms with E-state index in [0.29, 0.717) is 6.42 Å². The van der Waals surface area contributed by atoms with Crippen LogP contribution in [0.15, 0.2) is 24.3 Å². The minimum Gasteiger partial charge on any atom is -0.297 e. The first-order valence-electron chi connectivity index (χ1n) is 5.75. The van der Waals surface area contributed by atoms with Crippen LogP contribution in [0.25, 0.3) is 0 Å². The molecular formula is C13H15NOS2. The van der Waals surface area contributed by atoms with E-state index in [0.717, 1.165) is 28.6 Å². The summed E-state index contributed by atoms with van der Waals surface area (Å²) in [4.78, 5) is 13.7. The summed E-state index contributed by atoms with van der Waals surface area (Å²) in [6.45, 7) is 2.88. The fourth-order valence-corrected chi connectivity index (χ4v) is 3.02. The van der Waals surface area contributed by atoms with Crippen LogP contribution in [0.5, 0.6) is 0 Å². The highest BCUT2D eigenvalue weighted by Gasteiger charge is 2.23. The Labute approximate surface area is 111 Å². The minimum atomic E-state index is 0.115. The molecule has 1 aromatic rings. The minimum absolute atomic E-state index is 0.115. The van der Waals surface area contributed by atoms with Gasteiger partial charge < -0.3 is 0 Å². The van der Waals surface area contributed by atoms with E-state index in [-0.39, 0.29) is 5.91 Å². The molecule has 0 N–H and O–H groups in total. The van der Waals surface area contributed by atoms with Crippen LogP contribution in [-0.2, 0) is 17.6 Å². The Hall–Kier alpha value is -0.870. The summed E-state index contributed by atoms with van der Waals surface area (Å²) in [7, 11) is 0. The summed E-state index contributed by atoms with van der Waals surface area (Å²) in [6.07, 6.45) is 1.48. The standard InChI is InChI=1S/C13H15NOS2/c1-2-10-3-5-11(6-4-10)9-12(15)14-7-8-17-13(14)16/h3-6H,2,7-9H2,1H3. The van der Waals surface area contributed by atoms with Crippen LogP contribution in [0.3, 0.4) is 0 Å². The second-order valence-electron chi connectivity index (χ2n) is 4.01. The van der Waals surface area contributed by atoms with Crippen molar-refractivity contribution >= 4 is 34.2 Å². The summed E-state index contributed by atoms with van der Waals surface area (Å²) in [5, 5.41) is 0. The molecule has 0 spiro atoms. The van der Waals surface area contributed by atoms with E-state index in [2.05, 4.69) is 19.1 Å². The van der Waals surface area contributed by atoms with E-state index in [1.54, 1.807) is 16.7 Å². The lowest BCUT2D eigenvalue weighted by molar-refractivity contribution is -0.126. The van der Waals surface area contributed by atoms with Crippen molar-refractivity contribution in [1.29, 1.82) is 0 Å². The quantitative estimate of drug-likeness (QED) is 0.784. The number of carbonyl (C=O) groups excluding carboxylic acids is 1. The molecule has 0 atom stereocenters. The van der Waals surface area contributed by atoms with Crippen LogP contribution in [-0.4, -0.2) is 27.4 Å². The van der Waals surface area contributed by atoms with Crippen molar-refractivity contribution in [1.82, 2.24) is 4.90 Å². The molecule has 1 fully saturated rings. The molecule has 1 aliphatic rings. The molecule has 1 aliphatic heterocycles. The molecule has 0 aromatic heterocycles. The largest absolute Gasteiger partial charge is 0.297 e. The van der Waals surface area contributed by atoms with Gasteiger partial charge in [0.1, 0.15) is 4.32 Å². The van der Waals surface area contributed by atoms with Crippen LogP contribution >= 0.6 is 24.0 Å². The molecule has 0 radical (unpaired) electrons. The van der Waals surface area contributed by atoms with E-state index < -0.39 is 0 Å². The number of aryl methyl sites for hydroxylation is 1. The molecular weight excluding hydrogens is 250 g/mol. The number of thioether (sulfide) groups is 1. The van der Waals surface area contributed by atoms with Crippen molar-refractivity contribution in [3.05, 3.63) is 35.4 Å². The van der Waals surface area contributed by atoms with Gasteiger partial charge in [-0.15, -0.1) is 0 Å². The van der Waals surface area contributed by atoms with Gasteiger partial charge in [0.2, 0.25) is 5.91 Å². The molecule has 1 saturated heterocycles. The number of thiocarbonyl (C=S) groups is 1. The predicted octanol–water partition coefficient (Wildman–Crippen LogP) is 2.65. The van der Waals surface area contributed by atoms with Gasteiger partial charge in [0.25, 0.3) is 0 Å². The van der Waals surface area contributed by atoms with E-state index in [9.17, 15) is 4.79 Å². The van der Waals surface area contributed by atoms with Gasteiger partial charge in [0.15, 0.2) is 0 Å². The maximum atomic E-state index is 12.0. The van der Waals surface area contributed by atoms with Crippen LogP contribution < -0.4 is 0 Å². The highest BCUT2D eigenvalue weighted by Crippen LogP contribution is 2.19. The lowest BCUT2D eigenvalue weighted by atomic mass is 10.1. The van der Waals surface area contributed by atoms with E-state index in [4.69, 9.17) is 12.2 Å². The zero-order valence-corrected chi connectivity index (χ0v) is 11.4. The SMILES string of the molecule is CCc1ccc(CC(=O)N2CCSC2=S)cc1. The zero-order chi connectivity index (χ0) is 12.3. The third-order valence-corrected chi connectivity index (χ3v) is 4.28. The van der Waals surface area contributed by atoms with Crippen LogP contribution in [0.2, 0.25) is 0 Å². The number of nitrogens with zero attached hydrogens (tertiary/aromatic N) is 1. The Kier molecular flexibility index (Phi) is 4.18. The lowest BCUT2D eigenvalue weighted by Crippen LogP contribution is -2.31. The molecule has 4 heteroatoms. The third kappa shape index (κ3) is 3.07. The molecule has 1 aromatic carbocycles. The summed E-state index contributed by atoms with van der Waals surface area (Å²) in [5.74, 6) is 1.04. The maximum Gasteiger partial charge on any atom is 0.232 e. The van der Waals surface area contributed by atoms with E-state index in [1.165, 1.54) is 5.56 Å². The van der Waals surface area contributed by atoms with Gasteiger partial charge >= 0.3 is 0 Å². The van der Waals surface area contributed by atoms with Gasteiger partial charge in [-0.2, -0.15) is 0 Å². The van der Waals surface area contributed by atoms with Gasteiger partial charge in [-0.25, -0.2) is 0 Å². The average Bonchev–Trinajstić information content (AvgIpc) is 2.76. The first kappa shape index (κ1) is 12.6. The van der Waals surface area contributed by atoms with Crippen LogP contribution in [0, 0.1) is 0 Å². The fourth-order valence-electron chi connectivity index (χ4n) is 1.78. The maximum absolute atomic E-state index is 12.0. The summed E-state index contributed by atoms with van der Waals surface area (Å²) in [5.41, 5.74) is 2.36. The van der Waals surface area contributed by atoms with Crippen molar-refractivity contribution in [2.24, 2.45) is 0 Å². The molecule has 0 bridgehead atoms. The molecule has 0 aliphatic carbocycles. The highest BCUT2D eigenvalue weighted by atomic mass is 32.2. The van der Waals surface area contributed by atoms with Gasteiger partial charge in [0.05, 0.1) is 6.42 Å². The lowest BCUT2D eigenvalue weighted by Gasteiger charge is -2.14. The number of benzene rings is 1. The van der Waals surface area contributed by atoms with Crippen LogP contribution in [0.4, 0.5) is 0 Å². The molecule has 1 amide bonds. The Morgan fingerprint density at radius 2 is 2.00 bits per heavy atom. The molecule has 1 heterocycles. The van der Waals surface area contributed by atoms with Crippen molar-refractivity contribution in [3.8, 4) is 0 Å². The van der Waals surface area contributed by atoms with Gasteiger partial charge in [-0.1, -0.05) is 55.2 Å². The first-order chi connectivity index (χ1) is 8.20. The molecule has 2 nitrogen and oxygen atoms in total. The van der Waals surface area contributed by atoms with E-state index >= 15 is 0 Å². The third-order valence-electron chi connectivity index (χ3n) is 2.85. The normalized spacial score (nSPS) is 15.4. The predicted molar refractivity (Wildman–Crippen MR) is 76.3 cm³/mol. The Morgan fingerprint density at radius 1 is 1.35 bits per heavy atom. The second-order valence-corrected chi connectivity index (χ2v) is 5.74. The average molecular weight is 265 g/mol. The van der Waals surface area contributed by atoms with Crippen LogP contribution in [0.1, 0.15) is 18.1 Å².